The SMILES string of the molecule is CC1=CC(C)(C)C(c2cc(C)cc(-c3c(C)cc(C)cc3C)c2)C(C)=C1. The quantitative estimate of drug-likeness (QED) is 0.526. The van der Waals surface area contributed by atoms with Gasteiger partial charge in [0, 0.05) is 5.92 Å². The molecular formula is C26H32. The molecule has 0 amide bonds. The summed E-state index contributed by atoms with van der Waals surface area (Å²) < 4.78 is 0. The standard InChI is InChI=1S/C26H32/c1-16-9-19(4)24(20(5)10-16)22-12-17(2)13-23(14-22)25-21(6)11-18(3)15-26(25,7)8/h9-15,25H,1-8H3. The Bertz CT molecular complexity index is 896. The average Bonchev–Trinajstić information content (AvgIpc) is 2.43. The van der Waals surface area contributed by atoms with Crippen LogP contribution in [0, 0.1) is 33.1 Å². The molecule has 0 bridgehead atoms. The van der Waals surface area contributed by atoms with Gasteiger partial charge in [0.2, 0.25) is 0 Å². The normalized spacial score (nSPS) is 19.2. The largest absolute Gasteiger partial charge is 0.0750 e. The van der Waals surface area contributed by atoms with Crippen molar-refractivity contribution in [1.82, 2.24) is 0 Å². The van der Waals surface area contributed by atoms with Crippen molar-refractivity contribution >= 4 is 0 Å². The van der Waals surface area contributed by atoms with Crippen molar-refractivity contribution in [1.29, 1.82) is 0 Å². The predicted octanol–water partition coefficient (Wildman–Crippen LogP) is 7.60. The molecule has 1 aliphatic carbocycles. The van der Waals surface area contributed by atoms with Crippen LogP contribution in [0.4, 0.5) is 0 Å². The third-order valence-corrected chi connectivity index (χ3v) is 5.65. The van der Waals surface area contributed by atoms with Crippen LogP contribution in [0.3, 0.4) is 0 Å². The van der Waals surface area contributed by atoms with Crippen LogP contribution in [0.15, 0.2) is 53.6 Å². The van der Waals surface area contributed by atoms with Crippen LogP contribution in [-0.2, 0) is 0 Å². The van der Waals surface area contributed by atoms with Gasteiger partial charge in [-0.3, -0.25) is 0 Å². The van der Waals surface area contributed by atoms with Crippen LogP contribution < -0.4 is 0 Å². The molecule has 0 spiro atoms. The molecule has 0 radical (unpaired) electrons. The van der Waals surface area contributed by atoms with Gasteiger partial charge < -0.3 is 0 Å². The first-order chi connectivity index (χ1) is 12.1. The van der Waals surface area contributed by atoms with Crippen molar-refractivity contribution < 1.29 is 0 Å². The van der Waals surface area contributed by atoms with E-state index in [4.69, 9.17) is 0 Å². The zero-order chi connectivity index (χ0) is 19.2. The van der Waals surface area contributed by atoms with Gasteiger partial charge in [-0.15, -0.1) is 0 Å². The number of rotatable bonds is 2. The van der Waals surface area contributed by atoms with E-state index < -0.39 is 0 Å². The molecule has 0 aromatic heterocycles. The summed E-state index contributed by atoms with van der Waals surface area (Å²) in [5.74, 6) is 0.427. The van der Waals surface area contributed by atoms with Crippen LogP contribution in [0.2, 0.25) is 0 Å². The fourth-order valence-corrected chi connectivity index (χ4v) is 5.19. The summed E-state index contributed by atoms with van der Waals surface area (Å²) in [6.45, 7) is 18.1. The molecule has 0 N–H and O–H groups in total. The summed E-state index contributed by atoms with van der Waals surface area (Å²) in [5.41, 5.74) is 12.6. The summed E-state index contributed by atoms with van der Waals surface area (Å²) in [5, 5.41) is 0. The Balaban J connectivity index is 2.18. The molecule has 26 heavy (non-hydrogen) atoms. The lowest BCUT2D eigenvalue weighted by atomic mass is 9.67. The number of hydrogen-bond donors (Lipinski definition) is 0. The van der Waals surface area contributed by atoms with Gasteiger partial charge in [0.05, 0.1) is 0 Å². The molecule has 1 atom stereocenters. The minimum Gasteiger partial charge on any atom is -0.0750 e. The Morgan fingerprint density at radius 3 is 1.88 bits per heavy atom. The molecule has 0 saturated heterocycles. The minimum absolute atomic E-state index is 0.130. The van der Waals surface area contributed by atoms with Gasteiger partial charge in [-0.25, -0.2) is 0 Å². The monoisotopic (exact) mass is 344 g/mol. The molecule has 0 heteroatoms. The highest BCUT2D eigenvalue weighted by molar-refractivity contribution is 5.73. The maximum Gasteiger partial charge on any atom is 0.0135 e. The van der Waals surface area contributed by atoms with Crippen LogP contribution >= 0.6 is 0 Å². The molecular weight excluding hydrogens is 312 g/mol. The van der Waals surface area contributed by atoms with Crippen LogP contribution in [0.25, 0.3) is 11.1 Å². The molecule has 136 valence electrons. The van der Waals surface area contributed by atoms with E-state index in [-0.39, 0.29) is 5.41 Å². The Morgan fingerprint density at radius 1 is 0.731 bits per heavy atom. The first kappa shape index (κ1) is 18.7. The van der Waals surface area contributed by atoms with E-state index in [1.165, 1.54) is 50.1 Å². The van der Waals surface area contributed by atoms with Gasteiger partial charge in [0.1, 0.15) is 0 Å². The van der Waals surface area contributed by atoms with E-state index in [0.717, 1.165) is 0 Å². The Hall–Kier alpha value is -2.08. The second-order valence-corrected chi connectivity index (χ2v) is 8.94. The minimum atomic E-state index is 0.130. The van der Waals surface area contributed by atoms with Gasteiger partial charge in [-0.2, -0.15) is 0 Å². The van der Waals surface area contributed by atoms with Crippen molar-refractivity contribution in [2.45, 2.75) is 61.3 Å². The van der Waals surface area contributed by atoms with Crippen molar-refractivity contribution in [3.05, 3.63) is 81.4 Å². The lowest BCUT2D eigenvalue weighted by Gasteiger charge is -2.37. The van der Waals surface area contributed by atoms with E-state index in [2.05, 4.69) is 97.9 Å². The van der Waals surface area contributed by atoms with Gasteiger partial charge in [0.15, 0.2) is 0 Å². The van der Waals surface area contributed by atoms with E-state index in [1.54, 1.807) is 0 Å². The van der Waals surface area contributed by atoms with Crippen molar-refractivity contribution in [3.8, 4) is 11.1 Å². The lowest BCUT2D eigenvalue weighted by molar-refractivity contribution is 0.403. The van der Waals surface area contributed by atoms with Crippen LogP contribution in [0.5, 0.6) is 0 Å². The van der Waals surface area contributed by atoms with Gasteiger partial charge >= 0.3 is 0 Å². The molecule has 0 fully saturated rings. The zero-order valence-electron chi connectivity index (χ0n) is 17.6. The number of allylic oxidation sites excluding steroid dienone is 4. The molecule has 0 aliphatic heterocycles. The first-order valence-corrected chi connectivity index (χ1v) is 9.66. The highest BCUT2D eigenvalue weighted by atomic mass is 14.4. The average molecular weight is 345 g/mol. The van der Waals surface area contributed by atoms with Gasteiger partial charge in [-0.05, 0) is 74.8 Å². The number of hydrogen-bond acceptors (Lipinski definition) is 0. The topological polar surface area (TPSA) is 0 Å². The molecule has 1 aliphatic rings. The smallest absolute Gasteiger partial charge is 0.0135 e. The second kappa shape index (κ2) is 6.58. The highest BCUT2D eigenvalue weighted by Gasteiger charge is 2.33. The molecule has 2 aromatic rings. The summed E-state index contributed by atoms with van der Waals surface area (Å²) in [7, 11) is 0. The first-order valence-electron chi connectivity index (χ1n) is 9.66. The van der Waals surface area contributed by atoms with Crippen molar-refractivity contribution in [3.63, 3.8) is 0 Å². The molecule has 3 rings (SSSR count). The predicted molar refractivity (Wildman–Crippen MR) is 115 cm³/mol. The number of benzene rings is 2. The summed E-state index contributed by atoms with van der Waals surface area (Å²) in [6, 6.07) is 11.7. The van der Waals surface area contributed by atoms with Crippen molar-refractivity contribution in [2.75, 3.05) is 0 Å². The van der Waals surface area contributed by atoms with E-state index >= 15 is 0 Å². The van der Waals surface area contributed by atoms with Gasteiger partial charge in [-0.1, -0.05) is 78.6 Å². The molecule has 1 unspecified atom stereocenters. The maximum absolute atomic E-state index is 2.43. The third kappa shape index (κ3) is 3.43. The van der Waals surface area contributed by atoms with E-state index in [1.807, 2.05) is 0 Å². The summed E-state index contributed by atoms with van der Waals surface area (Å²) in [4.78, 5) is 0. The highest BCUT2D eigenvalue weighted by Crippen LogP contribution is 2.47. The Morgan fingerprint density at radius 2 is 1.31 bits per heavy atom. The van der Waals surface area contributed by atoms with Crippen LogP contribution in [-0.4, -0.2) is 0 Å². The fourth-order valence-electron chi connectivity index (χ4n) is 5.19. The molecule has 0 saturated carbocycles. The van der Waals surface area contributed by atoms with Gasteiger partial charge in [0.25, 0.3) is 0 Å². The lowest BCUT2D eigenvalue weighted by Crippen LogP contribution is -2.24. The maximum atomic E-state index is 2.43. The van der Waals surface area contributed by atoms with E-state index in [9.17, 15) is 0 Å². The Kier molecular flexibility index (Phi) is 4.73. The molecule has 2 aromatic carbocycles. The Labute approximate surface area is 159 Å². The third-order valence-electron chi connectivity index (χ3n) is 5.65. The summed E-state index contributed by atoms with van der Waals surface area (Å²) >= 11 is 0. The van der Waals surface area contributed by atoms with Crippen molar-refractivity contribution in [2.24, 2.45) is 5.41 Å². The number of aryl methyl sites for hydroxylation is 4. The molecule has 0 heterocycles. The summed E-state index contributed by atoms with van der Waals surface area (Å²) in [6.07, 6.45) is 4.77. The van der Waals surface area contributed by atoms with E-state index in [0.29, 0.717) is 5.92 Å². The van der Waals surface area contributed by atoms with Crippen LogP contribution in [0.1, 0.15) is 61.4 Å². The fraction of sp³-hybridized carbons (Fsp3) is 0.385. The second-order valence-electron chi connectivity index (χ2n) is 8.94. The zero-order valence-corrected chi connectivity index (χ0v) is 17.6. The molecule has 0 nitrogen and oxygen atoms in total.